The van der Waals surface area contributed by atoms with Crippen LogP contribution in [-0.4, -0.2) is 24.9 Å². The molecule has 24 heavy (non-hydrogen) atoms. The number of hydrogen-bond acceptors (Lipinski definition) is 5. The van der Waals surface area contributed by atoms with Crippen molar-refractivity contribution in [2.75, 3.05) is 7.11 Å². The number of rotatable bonds is 6. The van der Waals surface area contributed by atoms with Crippen LogP contribution in [0.1, 0.15) is 26.8 Å². The molecule has 1 heterocycles. The van der Waals surface area contributed by atoms with Gasteiger partial charge in [-0.15, -0.1) is 11.3 Å². The maximum Gasteiger partial charge on any atom is 0.348 e. The van der Waals surface area contributed by atoms with E-state index >= 15 is 0 Å². The van der Waals surface area contributed by atoms with Gasteiger partial charge < -0.3 is 15.8 Å². The summed E-state index contributed by atoms with van der Waals surface area (Å²) in [5.41, 5.74) is 6.30. The van der Waals surface area contributed by atoms with Gasteiger partial charge in [0.2, 0.25) is 11.8 Å². The topological polar surface area (TPSA) is 98.5 Å². The van der Waals surface area contributed by atoms with Gasteiger partial charge >= 0.3 is 5.97 Å². The van der Waals surface area contributed by atoms with E-state index in [4.69, 9.17) is 5.73 Å². The molecule has 2 amide bonds. The highest BCUT2D eigenvalue weighted by atomic mass is 32.1. The molecule has 6 nitrogen and oxygen atoms in total. The number of nitrogens with two attached hydrogens (primary N) is 1. The second kappa shape index (κ2) is 7.69. The average molecular weight is 350 g/mol. The SMILES string of the molecule is COC(=O)c1cc(CC(=O)NC(C(N)=O)c2ccc(F)cc2)cs1. The lowest BCUT2D eigenvalue weighted by Gasteiger charge is -2.15. The third-order valence-electron chi connectivity index (χ3n) is 3.20. The first kappa shape index (κ1) is 17.6. The fourth-order valence-electron chi connectivity index (χ4n) is 2.05. The maximum atomic E-state index is 13.0. The highest BCUT2D eigenvalue weighted by Gasteiger charge is 2.21. The molecule has 0 aliphatic heterocycles. The Labute approximate surface area is 141 Å². The van der Waals surface area contributed by atoms with Crippen LogP contribution in [0, 0.1) is 5.82 Å². The van der Waals surface area contributed by atoms with Crippen LogP contribution < -0.4 is 11.1 Å². The van der Waals surface area contributed by atoms with Crippen molar-refractivity contribution in [1.29, 1.82) is 0 Å². The van der Waals surface area contributed by atoms with Gasteiger partial charge in [-0.1, -0.05) is 12.1 Å². The summed E-state index contributed by atoms with van der Waals surface area (Å²) in [6.45, 7) is 0. The Morgan fingerprint density at radius 2 is 1.96 bits per heavy atom. The molecular weight excluding hydrogens is 335 g/mol. The minimum absolute atomic E-state index is 0.0293. The predicted molar refractivity (Wildman–Crippen MR) is 85.8 cm³/mol. The van der Waals surface area contributed by atoms with Crippen LogP contribution in [0.15, 0.2) is 35.7 Å². The summed E-state index contributed by atoms with van der Waals surface area (Å²) >= 11 is 1.16. The van der Waals surface area contributed by atoms with E-state index < -0.39 is 29.6 Å². The summed E-state index contributed by atoms with van der Waals surface area (Å²) in [7, 11) is 1.27. The fourth-order valence-corrected chi connectivity index (χ4v) is 2.88. The smallest absolute Gasteiger partial charge is 0.348 e. The lowest BCUT2D eigenvalue weighted by molar-refractivity contribution is -0.127. The number of carbonyl (C=O) groups is 3. The van der Waals surface area contributed by atoms with E-state index in [0.717, 1.165) is 11.3 Å². The number of ether oxygens (including phenoxy) is 1. The van der Waals surface area contributed by atoms with E-state index in [-0.39, 0.29) is 6.42 Å². The molecule has 1 unspecified atom stereocenters. The van der Waals surface area contributed by atoms with Crippen molar-refractivity contribution < 1.29 is 23.5 Å². The molecule has 3 N–H and O–H groups in total. The zero-order valence-corrected chi connectivity index (χ0v) is 13.6. The Morgan fingerprint density at radius 3 is 2.54 bits per heavy atom. The predicted octanol–water partition coefficient (Wildman–Crippen LogP) is 1.56. The van der Waals surface area contributed by atoms with Gasteiger partial charge in [0.25, 0.3) is 0 Å². The molecule has 0 saturated carbocycles. The largest absolute Gasteiger partial charge is 0.465 e. The Balaban J connectivity index is 2.05. The van der Waals surface area contributed by atoms with Crippen molar-refractivity contribution in [2.45, 2.75) is 12.5 Å². The average Bonchev–Trinajstić information content (AvgIpc) is 3.01. The van der Waals surface area contributed by atoms with Crippen molar-refractivity contribution in [2.24, 2.45) is 5.73 Å². The minimum Gasteiger partial charge on any atom is -0.465 e. The van der Waals surface area contributed by atoms with E-state index in [1.807, 2.05) is 0 Å². The number of methoxy groups -OCH3 is 1. The van der Waals surface area contributed by atoms with Crippen molar-refractivity contribution >= 4 is 29.1 Å². The van der Waals surface area contributed by atoms with Gasteiger partial charge in [-0.2, -0.15) is 0 Å². The molecule has 0 aliphatic carbocycles. The van der Waals surface area contributed by atoms with Gasteiger partial charge in [0.05, 0.1) is 13.5 Å². The first-order valence-electron chi connectivity index (χ1n) is 6.90. The molecule has 1 aromatic carbocycles. The molecule has 126 valence electrons. The molecule has 0 spiro atoms. The van der Waals surface area contributed by atoms with Gasteiger partial charge in [-0.25, -0.2) is 9.18 Å². The standard InChI is InChI=1S/C16H15FN2O4S/c1-23-16(22)12-6-9(8-24-12)7-13(20)19-14(15(18)21)10-2-4-11(17)5-3-10/h2-6,8,14H,7H2,1H3,(H2,18,21)(H,19,20). The summed E-state index contributed by atoms with van der Waals surface area (Å²) in [6.07, 6.45) is -0.0293. The Morgan fingerprint density at radius 1 is 1.29 bits per heavy atom. The normalized spacial score (nSPS) is 11.6. The number of carbonyl (C=O) groups excluding carboxylic acids is 3. The van der Waals surface area contributed by atoms with E-state index in [1.165, 1.54) is 31.4 Å². The number of esters is 1. The summed E-state index contributed by atoms with van der Waals surface area (Å²) < 4.78 is 17.6. The summed E-state index contributed by atoms with van der Waals surface area (Å²) in [4.78, 5) is 35.4. The number of nitrogens with one attached hydrogen (secondary N) is 1. The van der Waals surface area contributed by atoms with E-state index in [2.05, 4.69) is 10.1 Å². The fraction of sp³-hybridized carbons (Fsp3) is 0.188. The molecule has 0 fully saturated rings. The number of halogens is 1. The second-order valence-corrected chi connectivity index (χ2v) is 5.85. The van der Waals surface area contributed by atoms with Crippen molar-refractivity contribution in [3.63, 3.8) is 0 Å². The third kappa shape index (κ3) is 4.39. The van der Waals surface area contributed by atoms with Gasteiger partial charge in [0, 0.05) is 0 Å². The van der Waals surface area contributed by atoms with Crippen LogP contribution in [0.4, 0.5) is 4.39 Å². The van der Waals surface area contributed by atoms with Gasteiger partial charge in [0.15, 0.2) is 0 Å². The van der Waals surface area contributed by atoms with Crippen molar-refractivity contribution in [3.05, 3.63) is 57.5 Å². The highest BCUT2D eigenvalue weighted by Crippen LogP contribution is 2.17. The minimum atomic E-state index is -1.06. The van der Waals surface area contributed by atoms with Gasteiger partial charge in [-0.05, 0) is 34.7 Å². The molecular formula is C16H15FN2O4S. The van der Waals surface area contributed by atoms with Gasteiger partial charge in [-0.3, -0.25) is 9.59 Å². The Bertz CT molecular complexity index is 758. The number of amides is 2. The second-order valence-electron chi connectivity index (χ2n) is 4.94. The van der Waals surface area contributed by atoms with E-state index in [1.54, 1.807) is 11.4 Å². The monoisotopic (exact) mass is 350 g/mol. The lowest BCUT2D eigenvalue weighted by Crippen LogP contribution is -2.38. The van der Waals surface area contributed by atoms with E-state index in [0.29, 0.717) is 16.0 Å². The van der Waals surface area contributed by atoms with Gasteiger partial charge in [0.1, 0.15) is 16.7 Å². The quantitative estimate of drug-likeness (QED) is 0.773. The maximum absolute atomic E-state index is 13.0. The number of thiophene rings is 1. The highest BCUT2D eigenvalue weighted by molar-refractivity contribution is 7.12. The molecule has 2 aromatic rings. The molecule has 0 bridgehead atoms. The Kier molecular flexibility index (Phi) is 5.64. The molecule has 1 aromatic heterocycles. The number of hydrogen-bond donors (Lipinski definition) is 2. The number of benzene rings is 1. The molecule has 8 heteroatoms. The van der Waals surface area contributed by atoms with Crippen LogP contribution in [0.2, 0.25) is 0 Å². The zero-order valence-electron chi connectivity index (χ0n) is 12.7. The molecule has 0 saturated heterocycles. The first-order valence-corrected chi connectivity index (χ1v) is 7.78. The van der Waals surface area contributed by atoms with Crippen LogP contribution in [0.25, 0.3) is 0 Å². The first-order chi connectivity index (χ1) is 11.4. The molecule has 0 aliphatic rings. The van der Waals surface area contributed by atoms with Crippen molar-refractivity contribution in [3.8, 4) is 0 Å². The molecule has 2 rings (SSSR count). The summed E-state index contributed by atoms with van der Waals surface area (Å²) in [6, 6.07) is 5.61. The van der Waals surface area contributed by atoms with E-state index in [9.17, 15) is 18.8 Å². The third-order valence-corrected chi connectivity index (χ3v) is 4.16. The summed E-state index contributed by atoms with van der Waals surface area (Å²) in [5, 5.41) is 4.16. The molecule has 1 atom stereocenters. The van der Waals surface area contributed by atoms with Crippen LogP contribution in [-0.2, 0) is 20.7 Å². The Hall–Kier alpha value is -2.74. The van der Waals surface area contributed by atoms with Crippen LogP contribution >= 0.6 is 11.3 Å². The lowest BCUT2D eigenvalue weighted by atomic mass is 10.1. The molecule has 0 radical (unpaired) electrons. The number of primary amides is 1. The van der Waals surface area contributed by atoms with Crippen LogP contribution in [0.3, 0.4) is 0 Å². The summed E-state index contributed by atoms with van der Waals surface area (Å²) in [5.74, 6) is -2.14. The zero-order chi connectivity index (χ0) is 17.7. The van der Waals surface area contributed by atoms with Crippen LogP contribution in [0.5, 0.6) is 0 Å². The van der Waals surface area contributed by atoms with Crippen molar-refractivity contribution in [1.82, 2.24) is 5.32 Å².